The summed E-state index contributed by atoms with van der Waals surface area (Å²) in [6, 6.07) is 15.1. The molecule has 2 rings (SSSR count). The van der Waals surface area contributed by atoms with Gasteiger partial charge in [-0.1, -0.05) is 62.2 Å². The SMILES string of the molecule is CC(OCc1ccccc1Br)C(=O)c1ccc(Br)cc1. The minimum Gasteiger partial charge on any atom is -0.366 e. The summed E-state index contributed by atoms with van der Waals surface area (Å²) in [6.45, 7) is 2.19. The summed E-state index contributed by atoms with van der Waals surface area (Å²) in [4.78, 5) is 12.2. The highest BCUT2D eigenvalue weighted by Crippen LogP contribution is 2.18. The summed E-state index contributed by atoms with van der Waals surface area (Å²) in [6.07, 6.45) is -0.469. The summed E-state index contributed by atoms with van der Waals surface area (Å²) < 4.78 is 7.61. The molecule has 0 amide bonds. The molecule has 20 heavy (non-hydrogen) atoms. The molecule has 0 saturated heterocycles. The minimum atomic E-state index is -0.469. The number of benzene rings is 2. The third-order valence-corrected chi connectivity index (χ3v) is 4.25. The molecule has 2 nitrogen and oxygen atoms in total. The van der Waals surface area contributed by atoms with Crippen LogP contribution in [0.25, 0.3) is 0 Å². The summed E-state index contributed by atoms with van der Waals surface area (Å²) in [5.74, 6) is -0.00967. The van der Waals surface area contributed by atoms with E-state index in [0.717, 1.165) is 14.5 Å². The Morgan fingerprint density at radius 3 is 2.40 bits per heavy atom. The molecule has 0 aliphatic rings. The van der Waals surface area contributed by atoms with E-state index in [2.05, 4.69) is 31.9 Å². The lowest BCUT2D eigenvalue weighted by atomic mass is 10.1. The average molecular weight is 398 g/mol. The first kappa shape index (κ1) is 15.4. The number of carbonyl (C=O) groups excluding carboxylic acids is 1. The lowest BCUT2D eigenvalue weighted by Gasteiger charge is -2.13. The van der Waals surface area contributed by atoms with Crippen molar-refractivity contribution in [2.24, 2.45) is 0 Å². The van der Waals surface area contributed by atoms with Crippen LogP contribution >= 0.6 is 31.9 Å². The molecule has 0 N–H and O–H groups in total. The number of halogens is 2. The molecule has 1 unspecified atom stereocenters. The zero-order valence-corrected chi connectivity index (χ0v) is 14.1. The fraction of sp³-hybridized carbons (Fsp3) is 0.188. The second-order valence-corrected chi connectivity index (χ2v) is 6.19. The molecule has 2 aromatic carbocycles. The molecule has 0 bridgehead atoms. The van der Waals surface area contributed by atoms with Crippen LogP contribution in [0.5, 0.6) is 0 Å². The Morgan fingerprint density at radius 2 is 1.75 bits per heavy atom. The molecule has 1 atom stereocenters. The van der Waals surface area contributed by atoms with Crippen LogP contribution in [-0.2, 0) is 11.3 Å². The van der Waals surface area contributed by atoms with Gasteiger partial charge in [-0.15, -0.1) is 0 Å². The topological polar surface area (TPSA) is 26.3 Å². The maximum Gasteiger partial charge on any atom is 0.191 e. The van der Waals surface area contributed by atoms with Crippen LogP contribution < -0.4 is 0 Å². The molecule has 0 heterocycles. The molecule has 0 saturated carbocycles. The molecular formula is C16H14Br2O2. The van der Waals surface area contributed by atoms with Gasteiger partial charge >= 0.3 is 0 Å². The minimum absolute atomic E-state index is 0.00967. The van der Waals surface area contributed by atoms with E-state index in [1.54, 1.807) is 19.1 Å². The van der Waals surface area contributed by atoms with Crippen LogP contribution in [0.4, 0.5) is 0 Å². The Bertz CT molecular complexity index is 594. The van der Waals surface area contributed by atoms with Gasteiger partial charge in [0.1, 0.15) is 6.10 Å². The van der Waals surface area contributed by atoms with Crippen molar-refractivity contribution in [1.82, 2.24) is 0 Å². The number of ketones is 1. The van der Waals surface area contributed by atoms with Crippen molar-refractivity contribution >= 4 is 37.6 Å². The van der Waals surface area contributed by atoms with Gasteiger partial charge in [-0.25, -0.2) is 0 Å². The lowest BCUT2D eigenvalue weighted by molar-refractivity contribution is 0.0410. The van der Waals surface area contributed by atoms with Gasteiger partial charge in [0.2, 0.25) is 0 Å². The lowest BCUT2D eigenvalue weighted by Crippen LogP contribution is -2.20. The molecule has 0 aliphatic carbocycles. The van der Waals surface area contributed by atoms with Gasteiger partial charge in [-0.3, -0.25) is 4.79 Å². The Labute approximate surface area is 135 Å². The number of hydrogen-bond acceptors (Lipinski definition) is 2. The Balaban J connectivity index is 1.98. The third-order valence-electron chi connectivity index (χ3n) is 2.94. The molecular weight excluding hydrogens is 384 g/mol. The number of rotatable bonds is 5. The second kappa shape index (κ2) is 7.16. The molecule has 0 aliphatic heterocycles. The molecule has 0 fully saturated rings. The van der Waals surface area contributed by atoms with Gasteiger partial charge in [0.25, 0.3) is 0 Å². The Hall–Kier alpha value is -0.970. The van der Waals surface area contributed by atoms with E-state index in [4.69, 9.17) is 4.74 Å². The van der Waals surface area contributed by atoms with Gasteiger partial charge in [0.05, 0.1) is 6.61 Å². The predicted molar refractivity (Wildman–Crippen MR) is 86.9 cm³/mol. The fourth-order valence-electron chi connectivity index (χ4n) is 1.75. The molecule has 0 radical (unpaired) electrons. The Morgan fingerprint density at radius 1 is 1.10 bits per heavy atom. The maximum atomic E-state index is 12.2. The average Bonchev–Trinajstić information content (AvgIpc) is 2.46. The first-order chi connectivity index (χ1) is 9.58. The third kappa shape index (κ3) is 4.01. The van der Waals surface area contributed by atoms with E-state index in [1.807, 2.05) is 36.4 Å². The van der Waals surface area contributed by atoms with Crippen molar-refractivity contribution < 1.29 is 9.53 Å². The Kier molecular flexibility index (Phi) is 5.52. The normalized spacial score (nSPS) is 12.2. The highest BCUT2D eigenvalue weighted by Gasteiger charge is 2.16. The van der Waals surface area contributed by atoms with Crippen molar-refractivity contribution in [3.05, 3.63) is 68.6 Å². The van der Waals surface area contributed by atoms with E-state index >= 15 is 0 Å². The number of carbonyl (C=O) groups is 1. The van der Waals surface area contributed by atoms with Crippen molar-refractivity contribution in [2.45, 2.75) is 19.6 Å². The predicted octanol–water partition coefficient (Wildman–Crippen LogP) is 5.00. The van der Waals surface area contributed by atoms with Crippen LogP contribution in [0.1, 0.15) is 22.8 Å². The monoisotopic (exact) mass is 396 g/mol. The van der Waals surface area contributed by atoms with Gasteiger partial charge < -0.3 is 4.74 Å². The van der Waals surface area contributed by atoms with E-state index < -0.39 is 6.10 Å². The quantitative estimate of drug-likeness (QED) is 0.663. The molecule has 104 valence electrons. The van der Waals surface area contributed by atoms with Gasteiger partial charge in [-0.05, 0) is 30.7 Å². The van der Waals surface area contributed by atoms with Crippen molar-refractivity contribution in [3.63, 3.8) is 0 Å². The van der Waals surface area contributed by atoms with Crippen LogP contribution in [0, 0.1) is 0 Å². The molecule has 0 aromatic heterocycles. The zero-order chi connectivity index (χ0) is 14.5. The second-order valence-electron chi connectivity index (χ2n) is 4.42. The van der Waals surface area contributed by atoms with Gasteiger partial charge in [0.15, 0.2) is 5.78 Å². The molecule has 4 heteroatoms. The van der Waals surface area contributed by atoms with Crippen molar-refractivity contribution in [2.75, 3.05) is 0 Å². The summed E-state index contributed by atoms with van der Waals surface area (Å²) in [5, 5.41) is 0. The largest absolute Gasteiger partial charge is 0.366 e. The highest BCUT2D eigenvalue weighted by atomic mass is 79.9. The van der Waals surface area contributed by atoms with E-state index in [1.165, 1.54) is 0 Å². The number of ether oxygens (including phenoxy) is 1. The van der Waals surface area contributed by atoms with Crippen LogP contribution in [-0.4, -0.2) is 11.9 Å². The van der Waals surface area contributed by atoms with Crippen LogP contribution in [0.15, 0.2) is 57.5 Å². The summed E-state index contributed by atoms with van der Waals surface area (Å²) in [5.41, 5.74) is 1.69. The van der Waals surface area contributed by atoms with E-state index in [0.29, 0.717) is 12.2 Å². The fourth-order valence-corrected chi connectivity index (χ4v) is 2.42. The van der Waals surface area contributed by atoms with Crippen LogP contribution in [0.2, 0.25) is 0 Å². The highest BCUT2D eigenvalue weighted by molar-refractivity contribution is 9.10. The standard InChI is InChI=1S/C16H14Br2O2/c1-11(16(19)12-6-8-14(17)9-7-12)20-10-13-4-2-3-5-15(13)18/h2-9,11H,10H2,1H3. The smallest absolute Gasteiger partial charge is 0.191 e. The number of hydrogen-bond donors (Lipinski definition) is 0. The zero-order valence-electron chi connectivity index (χ0n) is 11.0. The summed E-state index contributed by atoms with van der Waals surface area (Å²) >= 11 is 6.82. The molecule has 0 spiro atoms. The van der Waals surface area contributed by atoms with Crippen molar-refractivity contribution in [3.8, 4) is 0 Å². The summed E-state index contributed by atoms with van der Waals surface area (Å²) in [7, 11) is 0. The number of Topliss-reactive ketones (excluding diaryl/α,β-unsaturated/α-hetero) is 1. The van der Waals surface area contributed by atoms with E-state index in [9.17, 15) is 4.79 Å². The first-order valence-corrected chi connectivity index (χ1v) is 7.81. The van der Waals surface area contributed by atoms with Gasteiger partial charge in [-0.2, -0.15) is 0 Å². The maximum absolute atomic E-state index is 12.2. The van der Waals surface area contributed by atoms with Gasteiger partial charge in [0, 0.05) is 14.5 Å². The van der Waals surface area contributed by atoms with Crippen LogP contribution in [0.3, 0.4) is 0 Å². The first-order valence-electron chi connectivity index (χ1n) is 6.22. The molecule has 2 aromatic rings. The van der Waals surface area contributed by atoms with Crippen molar-refractivity contribution in [1.29, 1.82) is 0 Å². The van der Waals surface area contributed by atoms with E-state index in [-0.39, 0.29) is 5.78 Å².